The lowest BCUT2D eigenvalue weighted by molar-refractivity contribution is -0.145. The predicted molar refractivity (Wildman–Crippen MR) is 76.1 cm³/mol. The Morgan fingerprint density at radius 3 is 2.50 bits per heavy atom. The minimum atomic E-state index is -0.601. The molecule has 1 aliphatic rings. The van der Waals surface area contributed by atoms with E-state index in [1.807, 2.05) is 30.3 Å². The van der Waals surface area contributed by atoms with Gasteiger partial charge in [0.1, 0.15) is 6.04 Å². The highest BCUT2D eigenvalue weighted by atomic mass is 16.5. The first kappa shape index (κ1) is 14.6. The van der Waals surface area contributed by atoms with Crippen LogP contribution < -0.4 is 5.32 Å². The smallest absolute Gasteiger partial charge is 0.328 e. The highest BCUT2D eigenvalue weighted by Gasteiger charge is 2.28. The number of methoxy groups -OCH3 is 1. The number of ether oxygens (including phenoxy) is 1. The van der Waals surface area contributed by atoms with Gasteiger partial charge in [0.15, 0.2) is 0 Å². The zero-order valence-corrected chi connectivity index (χ0v) is 11.8. The molecule has 1 N–H and O–H groups in total. The van der Waals surface area contributed by atoms with Crippen molar-refractivity contribution < 1.29 is 14.3 Å². The van der Waals surface area contributed by atoms with Gasteiger partial charge in [-0.15, -0.1) is 0 Å². The van der Waals surface area contributed by atoms with E-state index in [0.717, 1.165) is 31.2 Å². The molecule has 1 aromatic carbocycles. The summed E-state index contributed by atoms with van der Waals surface area (Å²) in [6.45, 7) is 0. The van der Waals surface area contributed by atoms with Crippen LogP contribution in [0.25, 0.3) is 0 Å². The highest BCUT2D eigenvalue weighted by molar-refractivity contribution is 5.86. The summed E-state index contributed by atoms with van der Waals surface area (Å²) in [5, 5.41) is 2.84. The van der Waals surface area contributed by atoms with Gasteiger partial charge in [0.2, 0.25) is 5.91 Å². The third-order valence-corrected chi connectivity index (χ3v) is 3.81. The maximum absolute atomic E-state index is 12.1. The summed E-state index contributed by atoms with van der Waals surface area (Å²) in [4.78, 5) is 24.0. The Morgan fingerprint density at radius 2 is 1.90 bits per heavy atom. The molecule has 0 bridgehead atoms. The van der Waals surface area contributed by atoms with Crippen LogP contribution in [-0.4, -0.2) is 25.0 Å². The van der Waals surface area contributed by atoms with Crippen molar-refractivity contribution >= 4 is 11.9 Å². The zero-order chi connectivity index (χ0) is 14.4. The Hall–Kier alpha value is -1.84. The minimum absolute atomic E-state index is 0.0196. The van der Waals surface area contributed by atoms with Crippen LogP contribution in [0.3, 0.4) is 0 Å². The second kappa shape index (κ2) is 7.08. The van der Waals surface area contributed by atoms with E-state index in [1.165, 1.54) is 7.11 Å². The molecule has 0 saturated heterocycles. The van der Waals surface area contributed by atoms with Crippen molar-refractivity contribution in [2.45, 2.75) is 38.1 Å². The molecule has 0 spiro atoms. The second-order valence-electron chi connectivity index (χ2n) is 5.26. The number of benzene rings is 1. The van der Waals surface area contributed by atoms with Crippen molar-refractivity contribution in [2.75, 3.05) is 7.11 Å². The van der Waals surface area contributed by atoms with E-state index in [1.54, 1.807) is 0 Å². The molecule has 0 aliphatic heterocycles. The van der Waals surface area contributed by atoms with E-state index in [0.29, 0.717) is 6.42 Å². The monoisotopic (exact) mass is 275 g/mol. The maximum Gasteiger partial charge on any atom is 0.328 e. The maximum atomic E-state index is 12.1. The second-order valence-corrected chi connectivity index (χ2v) is 5.26. The lowest BCUT2D eigenvalue weighted by Crippen LogP contribution is -2.45. The third kappa shape index (κ3) is 3.83. The Bertz CT molecular complexity index is 452. The van der Waals surface area contributed by atoms with E-state index in [4.69, 9.17) is 4.74 Å². The molecule has 1 fully saturated rings. The molecule has 1 aliphatic carbocycles. The molecule has 1 amide bonds. The van der Waals surface area contributed by atoms with Crippen molar-refractivity contribution in [2.24, 2.45) is 5.92 Å². The summed E-state index contributed by atoms with van der Waals surface area (Å²) in [7, 11) is 1.35. The fourth-order valence-electron chi connectivity index (χ4n) is 2.66. The van der Waals surface area contributed by atoms with Crippen LogP contribution in [0.5, 0.6) is 0 Å². The fraction of sp³-hybridized carbons (Fsp3) is 0.500. The Balaban J connectivity index is 2.00. The summed E-state index contributed by atoms with van der Waals surface area (Å²) in [5.74, 6) is -0.355. The molecule has 1 saturated carbocycles. The van der Waals surface area contributed by atoms with Gasteiger partial charge in [-0.3, -0.25) is 4.79 Å². The molecule has 1 atom stereocenters. The number of carbonyl (C=O) groups is 2. The summed E-state index contributed by atoms with van der Waals surface area (Å²) < 4.78 is 4.79. The van der Waals surface area contributed by atoms with Crippen LogP contribution in [-0.2, 0) is 20.7 Å². The molecule has 0 radical (unpaired) electrons. The van der Waals surface area contributed by atoms with Crippen molar-refractivity contribution in [3.63, 3.8) is 0 Å². The summed E-state index contributed by atoms with van der Waals surface area (Å²) in [6.07, 6.45) is 4.50. The van der Waals surface area contributed by atoms with Crippen molar-refractivity contribution in [3.05, 3.63) is 35.9 Å². The molecule has 1 unspecified atom stereocenters. The largest absolute Gasteiger partial charge is 0.467 e. The topological polar surface area (TPSA) is 55.4 Å². The molecule has 4 heteroatoms. The van der Waals surface area contributed by atoms with Crippen molar-refractivity contribution in [3.8, 4) is 0 Å². The van der Waals surface area contributed by atoms with Crippen molar-refractivity contribution in [1.82, 2.24) is 5.32 Å². The average Bonchev–Trinajstić information content (AvgIpc) is 3.01. The first-order chi connectivity index (χ1) is 9.70. The Kier molecular flexibility index (Phi) is 5.16. The van der Waals surface area contributed by atoms with Crippen molar-refractivity contribution in [1.29, 1.82) is 0 Å². The molecule has 0 heterocycles. The van der Waals surface area contributed by atoms with Gasteiger partial charge in [0, 0.05) is 12.3 Å². The number of esters is 1. The van der Waals surface area contributed by atoms with Gasteiger partial charge in [-0.05, 0) is 18.4 Å². The summed E-state index contributed by atoms with van der Waals surface area (Å²) in [6, 6.07) is 9.05. The fourth-order valence-corrected chi connectivity index (χ4v) is 2.66. The van der Waals surface area contributed by atoms with Crippen LogP contribution >= 0.6 is 0 Å². The molecule has 4 nitrogen and oxygen atoms in total. The Morgan fingerprint density at radius 1 is 1.25 bits per heavy atom. The number of amides is 1. The molecule has 108 valence electrons. The first-order valence-electron chi connectivity index (χ1n) is 7.13. The Labute approximate surface area is 119 Å². The molecule has 0 aromatic heterocycles. The van der Waals surface area contributed by atoms with E-state index in [2.05, 4.69) is 5.32 Å². The van der Waals surface area contributed by atoms with Gasteiger partial charge in [-0.25, -0.2) is 4.79 Å². The van der Waals surface area contributed by atoms with Gasteiger partial charge < -0.3 is 10.1 Å². The molecule has 20 heavy (non-hydrogen) atoms. The van der Waals surface area contributed by atoms with Crippen LogP contribution in [0.2, 0.25) is 0 Å². The van der Waals surface area contributed by atoms with E-state index in [-0.39, 0.29) is 17.8 Å². The van der Waals surface area contributed by atoms with Crippen LogP contribution in [0.15, 0.2) is 30.3 Å². The average molecular weight is 275 g/mol. The summed E-state index contributed by atoms with van der Waals surface area (Å²) in [5.41, 5.74) is 1.01. The van der Waals surface area contributed by atoms with Gasteiger partial charge in [0.25, 0.3) is 0 Å². The standard InChI is InChI=1S/C16H21NO3/c1-20-16(19)14(11-12-7-3-2-4-8-12)17-15(18)13-9-5-6-10-13/h2-4,7-8,13-14H,5-6,9-11H2,1H3,(H,17,18). The number of hydrogen-bond acceptors (Lipinski definition) is 3. The predicted octanol–water partition coefficient (Wildman–Crippen LogP) is 2.08. The van der Waals surface area contributed by atoms with Crippen LogP contribution in [0.1, 0.15) is 31.2 Å². The van der Waals surface area contributed by atoms with Crippen LogP contribution in [0, 0.1) is 5.92 Å². The van der Waals surface area contributed by atoms with Gasteiger partial charge in [-0.1, -0.05) is 43.2 Å². The van der Waals surface area contributed by atoms with E-state index in [9.17, 15) is 9.59 Å². The number of hydrogen-bond donors (Lipinski definition) is 1. The van der Waals surface area contributed by atoms with Gasteiger partial charge in [-0.2, -0.15) is 0 Å². The highest BCUT2D eigenvalue weighted by Crippen LogP contribution is 2.24. The van der Waals surface area contributed by atoms with Gasteiger partial charge >= 0.3 is 5.97 Å². The van der Waals surface area contributed by atoms with Crippen LogP contribution in [0.4, 0.5) is 0 Å². The first-order valence-corrected chi connectivity index (χ1v) is 7.13. The SMILES string of the molecule is COC(=O)C(Cc1ccccc1)NC(=O)C1CCCC1. The minimum Gasteiger partial charge on any atom is -0.467 e. The van der Waals surface area contributed by atoms with E-state index < -0.39 is 6.04 Å². The molecular formula is C16H21NO3. The number of carbonyl (C=O) groups excluding carboxylic acids is 2. The third-order valence-electron chi connectivity index (χ3n) is 3.81. The lowest BCUT2D eigenvalue weighted by Gasteiger charge is -2.19. The zero-order valence-electron chi connectivity index (χ0n) is 11.8. The van der Waals surface area contributed by atoms with E-state index >= 15 is 0 Å². The molecular weight excluding hydrogens is 254 g/mol. The number of nitrogens with one attached hydrogen (secondary N) is 1. The molecule has 2 rings (SSSR count). The quantitative estimate of drug-likeness (QED) is 0.837. The number of rotatable bonds is 5. The van der Waals surface area contributed by atoms with Gasteiger partial charge in [0.05, 0.1) is 7.11 Å². The molecule has 1 aromatic rings. The normalized spacial score (nSPS) is 16.6. The lowest BCUT2D eigenvalue weighted by atomic mass is 10.0. The summed E-state index contributed by atoms with van der Waals surface area (Å²) >= 11 is 0.